The zero-order valence-corrected chi connectivity index (χ0v) is 7.59. The fourth-order valence-corrected chi connectivity index (χ4v) is 1.10. The van der Waals surface area contributed by atoms with Gasteiger partial charge >= 0.3 is 0 Å². The van der Waals surface area contributed by atoms with Crippen LogP contribution < -0.4 is 5.32 Å². The molecule has 72 valence electrons. The van der Waals surface area contributed by atoms with Gasteiger partial charge in [0.1, 0.15) is 0 Å². The first-order valence-corrected chi connectivity index (χ1v) is 4.69. The van der Waals surface area contributed by atoms with Crippen LogP contribution in [0.4, 0.5) is 0 Å². The highest BCUT2D eigenvalue weighted by Gasteiger charge is 1.89. The molecule has 1 amide bonds. The van der Waals surface area contributed by atoms with E-state index in [9.17, 15) is 4.79 Å². The van der Waals surface area contributed by atoms with Gasteiger partial charge in [-0.25, -0.2) is 0 Å². The minimum atomic E-state index is 0.312. The fourth-order valence-electron chi connectivity index (χ4n) is 1.10. The molecule has 0 spiro atoms. The van der Waals surface area contributed by atoms with Gasteiger partial charge in [-0.05, 0) is 12.8 Å². The Labute approximate surface area is 74.2 Å². The molecule has 0 fully saturated rings. The molecule has 0 aromatic heterocycles. The van der Waals surface area contributed by atoms with E-state index in [1.807, 2.05) is 0 Å². The Hall–Kier alpha value is -0.570. The van der Waals surface area contributed by atoms with Crippen molar-refractivity contribution in [1.82, 2.24) is 5.32 Å². The SMILES string of the molecule is O=CNCCCCCCCCO. The van der Waals surface area contributed by atoms with Crippen LogP contribution in [0.1, 0.15) is 38.5 Å². The summed E-state index contributed by atoms with van der Waals surface area (Å²) in [5.41, 5.74) is 0. The third-order valence-electron chi connectivity index (χ3n) is 1.81. The second-order valence-electron chi connectivity index (χ2n) is 2.92. The van der Waals surface area contributed by atoms with Crippen molar-refractivity contribution in [2.24, 2.45) is 0 Å². The van der Waals surface area contributed by atoms with E-state index in [2.05, 4.69) is 5.32 Å². The Kier molecular flexibility index (Phi) is 9.93. The second kappa shape index (κ2) is 10.4. The molecule has 0 saturated carbocycles. The molecule has 0 rings (SSSR count). The first-order valence-electron chi connectivity index (χ1n) is 4.69. The maximum Gasteiger partial charge on any atom is 0.207 e. The summed E-state index contributed by atoms with van der Waals surface area (Å²) in [5, 5.41) is 11.1. The topological polar surface area (TPSA) is 49.3 Å². The Morgan fingerprint density at radius 3 is 2.17 bits per heavy atom. The summed E-state index contributed by atoms with van der Waals surface area (Å²) in [7, 11) is 0. The van der Waals surface area contributed by atoms with Gasteiger partial charge in [-0.2, -0.15) is 0 Å². The van der Waals surface area contributed by atoms with Crippen molar-refractivity contribution in [3.05, 3.63) is 0 Å². The highest BCUT2D eigenvalue weighted by Crippen LogP contribution is 2.03. The average molecular weight is 173 g/mol. The standard InChI is InChI=1S/C9H19NO2/c11-8-6-4-2-1-3-5-7-10-9-12/h9,11H,1-8H2,(H,10,12). The highest BCUT2D eigenvalue weighted by atomic mass is 16.2. The lowest BCUT2D eigenvalue weighted by molar-refractivity contribution is -0.109. The third kappa shape index (κ3) is 9.43. The molecule has 12 heavy (non-hydrogen) atoms. The van der Waals surface area contributed by atoms with Crippen LogP contribution >= 0.6 is 0 Å². The maximum absolute atomic E-state index is 9.84. The molecule has 0 aromatic rings. The summed E-state index contributed by atoms with van der Waals surface area (Å²) in [6.07, 6.45) is 7.43. The van der Waals surface area contributed by atoms with Crippen LogP contribution in [0.2, 0.25) is 0 Å². The fraction of sp³-hybridized carbons (Fsp3) is 0.889. The van der Waals surface area contributed by atoms with Crippen LogP contribution in [-0.4, -0.2) is 24.7 Å². The number of carbonyl (C=O) groups is 1. The molecule has 0 atom stereocenters. The summed E-state index contributed by atoms with van der Waals surface area (Å²) >= 11 is 0. The first-order chi connectivity index (χ1) is 5.91. The van der Waals surface area contributed by atoms with Crippen molar-refractivity contribution in [3.8, 4) is 0 Å². The van der Waals surface area contributed by atoms with E-state index in [4.69, 9.17) is 5.11 Å². The van der Waals surface area contributed by atoms with E-state index in [1.165, 1.54) is 19.3 Å². The van der Waals surface area contributed by atoms with Gasteiger partial charge in [-0.15, -0.1) is 0 Å². The summed E-state index contributed by atoms with van der Waals surface area (Å²) in [6, 6.07) is 0. The lowest BCUT2D eigenvalue weighted by atomic mass is 10.1. The van der Waals surface area contributed by atoms with E-state index < -0.39 is 0 Å². The minimum absolute atomic E-state index is 0.312. The highest BCUT2D eigenvalue weighted by molar-refractivity contribution is 5.45. The van der Waals surface area contributed by atoms with Crippen molar-refractivity contribution in [1.29, 1.82) is 0 Å². The van der Waals surface area contributed by atoms with Gasteiger partial charge in [-0.3, -0.25) is 4.79 Å². The van der Waals surface area contributed by atoms with E-state index in [0.29, 0.717) is 6.61 Å². The number of carbonyl (C=O) groups excluding carboxylic acids is 1. The van der Waals surface area contributed by atoms with Crippen LogP contribution in [0.25, 0.3) is 0 Å². The van der Waals surface area contributed by atoms with E-state index in [-0.39, 0.29) is 0 Å². The molecule has 2 N–H and O–H groups in total. The summed E-state index contributed by atoms with van der Waals surface area (Å²) in [4.78, 5) is 9.84. The number of rotatable bonds is 9. The number of amides is 1. The van der Waals surface area contributed by atoms with Crippen LogP contribution in [-0.2, 0) is 4.79 Å². The van der Waals surface area contributed by atoms with Crippen molar-refractivity contribution in [2.75, 3.05) is 13.2 Å². The van der Waals surface area contributed by atoms with Gasteiger partial charge in [0.15, 0.2) is 0 Å². The van der Waals surface area contributed by atoms with Crippen LogP contribution in [0.3, 0.4) is 0 Å². The molecule has 0 aromatic carbocycles. The van der Waals surface area contributed by atoms with E-state index >= 15 is 0 Å². The number of hydrogen-bond acceptors (Lipinski definition) is 2. The number of nitrogens with one attached hydrogen (secondary N) is 1. The minimum Gasteiger partial charge on any atom is -0.396 e. The molecule has 0 saturated heterocycles. The lowest BCUT2D eigenvalue weighted by Gasteiger charge is -1.99. The van der Waals surface area contributed by atoms with Gasteiger partial charge in [0.05, 0.1) is 0 Å². The Morgan fingerprint density at radius 2 is 1.58 bits per heavy atom. The number of aliphatic hydroxyl groups excluding tert-OH is 1. The van der Waals surface area contributed by atoms with Crippen LogP contribution in [0, 0.1) is 0 Å². The smallest absolute Gasteiger partial charge is 0.207 e. The summed E-state index contributed by atoms with van der Waals surface area (Å²) < 4.78 is 0. The molecule has 0 aliphatic rings. The molecular formula is C9H19NO2. The molecule has 0 aliphatic heterocycles. The molecule has 0 heterocycles. The predicted octanol–water partition coefficient (Wildman–Crippen LogP) is 1.07. The van der Waals surface area contributed by atoms with Crippen molar-refractivity contribution < 1.29 is 9.90 Å². The summed E-state index contributed by atoms with van der Waals surface area (Å²) in [6.45, 7) is 1.11. The predicted molar refractivity (Wildman–Crippen MR) is 48.9 cm³/mol. The largest absolute Gasteiger partial charge is 0.396 e. The zero-order valence-electron chi connectivity index (χ0n) is 7.59. The molecule has 0 radical (unpaired) electrons. The quantitative estimate of drug-likeness (QED) is 0.404. The second-order valence-corrected chi connectivity index (χ2v) is 2.92. The van der Waals surface area contributed by atoms with Gasteiger partial charge in [0, 0.05) is 13.2 Å². The number of aliphatic hydroxyl groups is 1. The van der Waals surface area contributed by atoms with Crippen molar-refractivity contribution in [2.45, 2.75) is 38.5 Å². The Bertz CT molecular complexity index is 96.5. The number of unbranched alkanes of at least 4 members (excludes halogenated alkanes) is 5. The van der Waals surface area contributed by atoms with Gasteiger partial charge in [0.25, 0.3) is 0 Å². The Balaban J connectivity index is 2.77. The molecular weight excluding hydrogens is 154 g/mol. The first kappa shape index (κ1) is 11.4. The molecule has 3 nitrogen and oxygen atoms in total. The monoisotopic (exact) mass is 173 g/mol. The number of hydrogen-bond donors (Lipinski definition) is 2. The third-order valence-corrected chi connectivity index (χ3v) is 1.81. The van der Waals surface area contributed by atoms with Crippen molar-refractivity contribution in [3.63, 3.8) is 0 Å². The lowest BCUT2D eigenvalue weighted by Crippen LogP contribution is -2.11. The average Bonchev–Trinajstić information content (AvgIpc) is 2.10. The van der Waals surface area contributed by atoms with E-state index in [0.717, 1.165) is 32.2 Å². The van der Waals surface area contributed by atoms with Crippen molar-refractivity contribution >= 4 is 6.41 Å². The van der Waals surface area contributed by atoms with Crippen LogP contribution in [0.5, 0.6) is 0 Å². The summed E-state index contributed by atoms with van der Waals surface area (Å²) in [5.74, 6) is 0. The molecule has 0 bridgehead atoms. The maximum atomic E-state index is 9.84. The molecule has 3 heteroatoms. The van der Waals surface area contributed by atoms with E-state index in [1.54, 1.807) is 0 Å². The van der Waals surface area contributed by atoms with Gasteiger partial charge in [-0.1, -0.05) is 25.7 Å². The van der Waals surface area contributed by atoms with Gasteiger partial charge in [0.2, 0.25) is 6.41 Å². The molecule has 0 aliphatic carbocycles. The van der Waals surface area contributed by atoms with Gasteiger partial charge < -0.3 is 10.4 Å². The normalized spacial score (nSPS) is 9.75. The zero-order chi connectivity index (χ0) is 9.07. The Morgan fingerprint density at radius 1 is 1.00 bits per heavy atom. The van der Waals surface area contributed by atoms with Crippen LogP contribution in [0.15, 0.2) is 0 Å². The molecule has 0 unspecified atom stereocenters.